The first-order valence-electron chi connectivity index (χ1n) is 7.99. The largest absolute Gasteiger partial charge is 0.497 e. The van der Waals surface area contributed by atoms with Gasteiger partial charge < -0.3 is 19.7 Å². The van der Waals surface area contributed by atoms with Crippen LogP contribution < -0.4 is 19.7 Å². The maximum absolute atomic E-state index is 12.1. The molecule has 2 aromatic carbocycles. The lowest BCUT2D eigenvalue weighted by molar-refractivity contribution is -0.870. The first-order valence-corrected chi connectivity index (χ1v) is 7.99. The van der Waals surface area contributed by atoms with Crippen LogP contribution in [0.25, 0.3) is 0 Å². The first-order chi connectivity index (χ1) is 11.6. The molecule has 0 heterocycles. The number of anilines is 1. The molecular formula is C19H25N2O3+. The van der Waals surface area contributed by atoms with Crippen molar-refractivity contribution < 1.29 is 19.2 Å². The minimum absolute atomic E-state index is 0.00685. The minimum atomic E-state index is 0.00685. The van der Waals surface area contributed by atoms with Crippen LogP contribution in [0.5, 0.6) is 11.5 Å². The molecule has 0 saturated heterocycles. The van der Waals surface area contributed by atoms with Crippen molar-refractivity contribution in [2.24, 2.45) is 0 Å². The number of benzene rings is 2. The summed E-state index contributed by atoms with van der Waals surface area (Å²) >= 11 is 0. The highest BCUT2D eigenvalue weighted by molar-refractivity contribution is 5.91. The van der Waals surface area contributed by atoms with E-state index in [-0.39, 0.29) is 5.91 Å². The molecule has 2 N–H and O–H groups in total. The van der Waals surface area contributed by atoms with Gasteiger partial charge in [-0.25, -0.2) is 0 Å². The zero-order valence-electron chi connectivity index (χ0n) is 14.5. The summed E-state index contributed by atoms with van der Waals surface area (Å²) < 4.78 is 10.3. The Labute approximate surface area is 143 Å². The number of carbonyl (C=O) groups excluding carboxylic acids is 1. The third kappa shape index (κ3) is 5.59. The Hall–Kier alpha value is -2.53. The van der Waals surface area contributed by atoms with Gasteiger partial charge in [-0.2, -0.15) is 0 Å². The summed E-state index contributed by atoms with van der Waals surface area (Å²) in [6.45, 7) is 1.32. The minimum Gasteiger partial charge on any atom is -0.497 e. The number of methoxy groups -OCH3 is 2. The quantitative estimate of drug-likeness (QED) is 0.770. The summed E-state index contributed by atoms with van der Waals surface area (Å²) in [5.74, 6) is 1.64. The molecule has 1 atom stereocenters. The van der Waals surface area contributed by atoms with Crippen LogP contribution in [0, 0.1) is 0 Å². The van der Waals surface area contributed by atoms with Gasteiger partial charge in [-0.05, 0) is 42.0 Å². The molecule has 2 rings (SSSR count). The fraction of sp³-hybridized carbons (Fsp3) is 0.316. The van der Waals surface area contributed by atoms with Crippen molar-refractivity contribution in [3.63, 3.8) is 0 Å². The second-order valence-electron chi connectivity index (χ2n) is 5.76. The average Bonchev–Trinajstić information content (AvgIpc) is 2.61. The number of carbonyl (C=O) groups is 1. The highest BCUT2D eigenvalue weighted by Gasteiger charge is 2.10. The van der Waals surface area contributed by atoms with Crippen LogP contribution in [-0.2, 0) is 11.2 Å². The van der Waals surface area contributed by atoms with Crippen molar-refractivity contribution in [1.82, 2.24) is 0 Å². The van der Waals surface area contributed by atoms with E-state index in [0.29, 0.717) is 6.54 Å². The van der Waals surface area contributed by atoms with Crippen LogP contribution in [0.4, 0.5) is 5.69 Å². The van der Waals surface area contributed by atoms with Crippen LogP contribution >= 0.6 is 0 Å². The molecule has 0 aliphatic carbocycles. The third-order valence-electron chi connectivity index (χ3n) is 3.84. The van der Waals surface area contributed by atoms with Crippen molar-refractivity contribution in [1.29, 1.82) is 0 Å². The van der Waals surface area contributed by atoms with Gasteiger partial charge in [-0.3, -0.25) is 4.79 Å². The molecule has 0 spiro atoms. The molecule has 24 heavy (non-hydrogen) atoms. The fourth-order valence-corrected chi connectivity index (χ4v) is 2.39. The molecule has 0 aliphatic rings. The van der Waals surface area contributed by atoms with Crippen LogP contribution in [0.2, 0.25) is 0 Å². The number of hydrogen-bond acceptors (Lipinski definition) is 3. The lowest BCUT2D eigenvalue weighted by Gasteiger charge is -2.14. The number of nitrogens with one attached hydrogen (secondary N) is 2. The van der Waals surface area contributed by atoms with Gasteiger partial charge in [0.15, 0.2) is 6.54 Å². The van der Waals surface area contributed by atoms with Crippen LogP contribution in [0.3, 0.4) is 0 Å². The van der Waals surface area contributed by atoms with E-state index >= 15 is 0 Å². The standard InChI is InChI=1S/C19H24N2O3/c1-21(13-12-15-4-8-17(23-2)9-5-15)14-19(22)20-16-6-10-18(24-3)11-7-16/h4-11H,12-14H2,1-3H3,(H,20,22)/p+1. The Morgan fingerprint density at radius 2 is 1.50 bits per heavy atom. The Morgan fingerprint density at radius 3 is 2.04 bits per heavy atom. The van der Waals surface area contributed by atoms with Gasteiger partial charge in [0.25, 0.3) is 5.91 Å². The van der Waals surface area contributed by atoms with Crippen molar-refractivity contribution in [3.8, 4) is 11.5 Å². The summed E-state index contributed by atoms with van der Waals surface area (Å²) in [5.41, 5.74) is 2.02. The normalized spacial score (nSPS) is 11.6. The average molecular weight is 329 g/mol. The Bertz CT molecular complexity index is 639. The zero-order valence-corrected chi connectivity index (χ0v) is 14.5. The van der Waals surface area contributed by atoms with Crippen molar-refractivity contribution >= 4 is 11.6 Å². The highest BCUT2D eigenvalue weighted by atomic mass is 16.5. The molecule has 0 aromatic heterocycles. The van der Waals surface area contributed by atoms with Crippen LogP contribution in [-0.4, -0.2) is 40.3 Å². The van der Waals surface area contributed by atoms with E-state index in [1.165, 1.54) is 5.56 Å². The smallest absolute Gasteiger partial charge is 0.279 e. The van der Waals surface area contributed by atoms with Crippen LogP contribution in [0.1, 0.15) is 5.56 Å². The van der Waals surface area contributed by atoms with Gasteiger partial charge in [0, 0.05) is 12.1 Å². The molecular weight excluding hydrogens is 304 g/mol. The SMILES string of the molecule is COc1ccc(CC[NH+](C)CC(=O)Nc2ccc(OC)cc2)cc1. The van der Waals surface area contributed by atoms with E-state index in [2.05, 4.69) is 17.4 Å². The number of amides is 1. The van der Waals surface area contributed by atoms with Gasteiger partial charge in [0.05, 0.1) is 27.8 Å². The first kappa shape index (κ1) is 17.8. The van der Waals surface area contributed by atoms with E-state index in [4.69, 9.17) is 9.47 Å². The predicted octanol–water partition coefficient (Wildman–Crippen LogP) is 1.40. The van der Waals surface area contributed by atoms with Gasteiger partial charge in [0.2, 0.25) is 0 Å². The van der Waals surface area contributed by atoms with E-state index in [0.717, 1.165) is 35.1 Å². The summed E-state index contributed by atoms with van der Waals surface area (Å²) in [4.78, 5) is 13.3. The van der Waals surface area contributed by atoms with Crippen molar-refractivity contribution in [3.05, 3.63) is 54.1 Å². The van der Waals surface area contributed by atoms with Crippen LogP contribution in [0.15, 0.2) is 48.5 Å². The predicted molar refractivity (Wildman–Crippen MR) is 94.9 cm³/mol. The monoisotopic (exact) mass is 329 g/mol. The maximum Gasteiger partial charge on any atom is 0.279 e. The van der Waals surface area contributed by atoms with E-state index < -0.39 is 0 Å². The number of likely N-dealkylation sites (N-methyl/N-ethyl adjacent to an activating group) is 1. The number of ether oxygens (including phenoxy) is 2. The van der Waals surface area contributed by atoms with Gasteiger partial charge in [-0.1, -0.05) is 12.1 Å². The van der Waals surface area contributed by atoms with Gasteiger partial charge in [0.1, 0.15) is 11.5 Å². The van der Waals surface area contributed by atoms with Crippen molar-refractivity contribution in [2.75, 3.05) is 39.7 Å². The molecule has 5 heteroatoms. The topological polar surface area (TPSA) is 52.0 Å². The van der Waals surface area contributed by atoms with E-state index in [9.17, 15) is 4.79 Å². The molecule has 1 unspecified atom stereocenters. The number of quaternary nitrogens is 1. The molecule has 0 aliphatic heterocycles. The number of rotatable bonds is 8. The Kier molecular flexibility index (Phi) is 6.63. The van der Waals surface area contributed by atoms with Crippen molar-refractivity contribution in [2.45, 2.75) is 6.42 Å². The molecule has 2 aromatic rings. The second kappa shape index (κ2) is 8.93. The molecule has 128 valence electrons. The summed E-state index contributed by atoms with van der Waals surface area (Å²) in [7, 11) is 5.31. The molecule has 0 radical (unpaired) electrons. The molecule has 5 nitrogen and oxygen atoms in total. The maximum atomic E-state index is 12.1. The van der Waals surface area contributed by atoms with E-state index in [1.54, 1.807) is 14.2 Å². The van der Waals surface area contributed by atoms with Gasteiger partial charge >= 0.3 is 0 Å². The summed E-state index contributed by atoms with van der Waals surface area (Å²) in [5, 5.41) is 2.91. The fourth-order valence-electron chi connectivity index (χ4n) is 2.39. The molecule has 0 bridgehead atoms. The third-order valence-corrected chi connectivity index (χ3v) is 3.84. The Morgan fingerprint density at radius 1 is 0.958 bits per heavy atom. The zero-order chi connectivity index (χ0) is 17.4. The number of hydrogen-bond donors (Lipinski definition) is 2. The molecule has 0 saturated carbocycles. The summed E-state index contributed by atoms with van der Waals surface area (Å²) in [6.07, 6.45) is 0.922. The molecule has 0 fully saturated rings. The van der Waals surface area contributed by atoms with E-state index in [1.807, 2.05) is 43.4 Å². The lowest BCUT2D eigenvalue weighted by atomic mass is 10.1. The molecule has 1 amide bonds. The highest BCUT2D eigenvalue weighted by Crippen LogP contribution is 2.14. The second-order valence-corrected chi connectivity index (χ2v) is 5.76. The van der Waals surface area contributed by atoms with Gasteiger partial charge in [-0.15, -0.1) is 0 Å². The lowest BCUT2D eigenvalue weighted by Crippen LogP contribution is -3.10. The Balaban J connectivity index is 1.75. The summed E-state index contributed by atoms with van der Waals surface area (Å²) in [6, 6.07) is 15.4.